The van der Waals surface area contributed by atoms with Gasteiger partial charge in [0.2, 0.25) is 0 Å². The van der Waals surface area contributed by atoms with Crippen LogP contribution in [0.2, 0.25) is 0 Å². The molecule has 0 spiro atoms. The Morgan fingerprint density at radius 2 is 1.92 bits per heavy atom. The maximum Gasteiger partial charge on any atom is 0.311 e. The van der Waals surface area contributed by atoms with Gasteiger partial charge in [-0.3, -0.25) is 4.79 Å². The lowest BCUT2D eigenvalue weighted by Gasteiger charge is -2.19. The van der Waals surface area contributed by atoms with E-state index in [1.54, 1.807) is 13.8 Å². The average Bonchev–Trinajstić information content (AvgIpc) is 2.28. The van der Waals surface area contributed by atoms with Crippen molar-refractivity contribution in [2.75, 3.05) is 6.61 Å². The van der Waals surface area contributed by atoms with Crippen molar-refractivity contribution >= 4 is 5.97 Å². The number of hydrogen-bond donors (Lipinski definition) is 0. The van der Waals surface area contributed by atoms with Gasteiger partial charge in [-0.1, -0.05) is 0 Å². The Kier molecular flexibility index (Phi) is 2.88. The number of carbonyl (C=O) groups is 1. The third kappa shape index (κ3) is 1.98. The van der Waals surface area contributed by atoms with E-state index in [1.807, 2.05) is 0 Å². The Hall–Kier alpha value is -0.670. The molecule has 1 aliphatic rings. The van der Waals surface area contributed by atoms with Crippen molar-refractivity contribution in [2.24, 2.45) is 5.41 Å². The van der Waals surface area contributed by atoms with Gasteiger partial charge in [-0.2, -0.15) is 0 Å². The molecule has 2 atom stereocenters. The number of alkyl halides is 2. The molecule has 2 nitrogen and oxygen atoms in total. The lowest BCUT2D eigenvalue weighted by atomic mass is 9.89. The fraction of sp³-hybridized carbons (Fsp3) is 0.889. The molecule has 0 radical (unpaired) electrons. The monoisotopic (exact) mass is 192 g/mol. The summed E-state index contributed by atoms with van der Waals surface area (Å²) >= 11 is 0. The molecule has 0 amide bonds. The maximum absolute atomic E-state index is 12.8. The Labute approximate surface area is 76.3 Å². The van der Waals surface area contributed by atoms with Crippen LogP contribution in [0, 0.1) is 5.41 Å². The van der Waals surface area contributed by atoms with Gasteiger partial charge in [-0.05, 0) is 26.7 Å². The lowest BCUT2D eigenvalue weighted by molar-refractivity contribution is -0.154. The molecule has 0 aliphatic heterocycles. The maximum atomic E-state index is 12.8. The number of hydrogen-bond acceptors (Lipinski definition) is 2. The molecule has 76 valence electrons. The summed E-state index contributed by atoms with van der Waals surface area (Å²) in [6.45, 7) is 3.48. The van der Waals surface area contributed by atoms with Gasteiger partial charge in [-0.15, -0.1) is 0 Å². The molecule has 0 heterocycles. The van der Waals surface area contributed by atoms with Crippen molar-refractivity contribution in [2.45, 2.75) is 39.0 Å². The molecule has 0 saturated heterocycles. The van der Waals surface area contributed by atoms with Crippen molar-refractivity contribution < 1.29 is 18.3 Å². The Bertz CT molecular complexity index is 196. The van der Waals surface area contributed by atoms with Gasteiger partial charge in [0, 0.05) is 0 Å². The largest absolute Gasteiger partial charge is 0.466 e. The fourth-order valence-electron chi connectivity index (χ4n) is 1.67. The van der Waals surface area contributed by atoms with E-state index < -0.39 is 23.7 Å². The van der Waals surface area contributed by atoms with Crippen molar-refractivity contribution in [1.29, 1.82) is 0 Å². The zero-order valence-corrected chi connectivity index (χ0v) is 7.85. The summed E-state index contributed by atoms with van der Waals surface area (Å²) < 4.78 is 30.4. The summed E-state index contributed by atoms with van der Waals surface area (Å²) in [6.07, 6.45) is -3.16. The summed E-state index contributed by atoms with van der Waals surface area (Å²) in [7, 11) is 0. The van der Waals surface area contributed by atoms with Crippen molar-refractivity contribution in [1.82, 2.24) is 0 Å². The number of halogens is 2. The third-order valence-electron chi connectivity index (χ3n) is 2.45. The third-order valence-corrected chi connectivity index (χ3v) is 2.45. The first-order chi connectivity index (χ1) is 5.99. The van der Waals surface area contributed by atoms with Gasteiger partial charge < -0.3 is 4.74 Å². The molecule has 13 heavy (non-hydrogen) atoms. The van der Waals surface area contributed by atoms with Crippen LogP contribution in [0.3, 0.4) is 0 Å². The van der Waals surface area contributed by atoms with Crippen LogP contribution in [0.1, 0.15) is 26.7 Å². The summed E-state index contributed by atoms with van der Waals surface area (Å²) in [5.41, 5.74) is -0.963. The van der Waals surface area contributed by atoms with E-state index in [-0.39, 0.29) is 19.4 Å². The topological polar surface area (TPSA) is 26.3 Å². The van der Waals surface area contributed by atoms with Crippen LogP contribution in [-0.4, -0.2) is 24.9 Å². The zero-order chi connectivity index (χ0) is 10.1. The quantitative estimate of drug-likeness (QED) is 0.626. The van der Waals surface area contributed by atoms with Gasteiger partial charge in [0.15, 0.2) is 0 Å². The molecule has 1 saturated carbocycles. The van der Waals surface area contributed by atoms with E-state index in [1.165, 1.54) is 0 Å². The molecule has 1 rings (SSSR count). The minimum atomic E-state index is -1.52. The van der Waals surface area contributed by atoms with Gasteiger partial charge in [0.05, 0.1) is 12.0 Å². The van der Waals surface area contributed by atoms with Crippen LogP contribution >= 0.6 is 0 Å². The second-order valence-electron chi connectivity index (χ2n) is 3.72. The summed E-state index contributed by atoms with van der Waals surface area (Å²) in [4.78, 5) is 11.3. The first-order valence-corrected chi connectivity index (χ1v) is 4.45. The first kappa shape index (κ1) is 10.4. The van der Waals surface area contributed by atoms with Crippen LogP contribution in [0.25, 0.3) is 0 Å². The van der Waals surface area contributed by atoms with Crippen LogP contribution in [0.4, 0.5) is 8.78 Å². The van der Waals surface area contributed by atoms with Crippen LogP contribution in [0.5, 0.6) is 0 Å². The van der Waals surface area contributed by atoms with E-state index >= 15 is 0 Å². The molecule has 4 heteroatoms. The van der Waals surface area contributed by atoms with Crippen LogP contribution < -0.4 is 0 Å². The smallest absolute Gasteiger partial charge is 0.311 e. The molecule has 0 N–H and O–H groups in total. The normalized spacial score (nSPS) is 31.7. The zero-order valence-electron chi connectivity index (χ0n) is 7.85. The van der Waals surface area contributed by atoms with Gasteiger partial charge in [0.1, 0.15) is 12.3 Å². The van der Waals surface area contributed by atoms with Crippen LogP contribution in [-0.2, 0) is 9.53 Å². The predicted octanol–water partition coefficient (Wildman–Crippen LogP) is 2.03. The summed E-state index contributed by atoms with van der Waals surface area (Å²) in [5, 5.41) is 0. The number of carbonyl (C=O) groups excluding carboxylic acids is 1. The van der Waals surface area contributed by atoms with Crippen molar-refractivity contribution in [3.05, 3.63) is 0 Å². The lowest BCUT2D eigenvalue weighted by Crippen LogP contribution is -2.27. The standard InChI is InChI=1S/C9H14F2O2/c1-3-13-8(12)9(2)4-6(10)7(11)5-9/h6-7H,3-5H2,1-2H3/t6-,7-/m1/s1. The Morgan fingerprint density at radius 3 is 2.31 bits per heavy atom. The SMILES string of the molecule is CCOC(=O)C1(C)C[C@@H](F)[C@H](F)C1. The highest BCUT2D eigenvalue weighted by Gasteiger charge is 2.48. The average molecular weight is 192 g/mol. The molecule has 1 aliphatic carbocycles. The molecule has 0 aromatic carbocycles. The Balaban J connectivity index is 2.63. The molecule has 0 unspecified atom stereocenters. The number of rotatable bonds is 2. The highest BCUT2D eigenvalue weighted by Crippen LogP contribution is 2.41. The van der Waals surface area contributed by atoms with Crippen molar-refractivity contribution in [3.63, 3.8) is 0 Å². The molecule has 0 aromatic rings. The van der Waals surface area contributed by atoms with Crippen molar-refractivity contribution in [3.8, 4) is 0 Å². The first-order valence-electron chi connectivity index (χ1n) is 4.45. The second kappa shape index (κ2) is 3.60. The van der Waals surface area contributed by atoms with E-state index in [9.17, 15) is 13.6 Å². The summed E-state index contributed by atoms with van der Waals surface area (Å²) in [6, 6.07) is 0. The minimum Gasteiger partial charge on any atom is -0.466 e. The molecular weight excluding hydrogens is 178 g/mol. The summed E-state index contributed by atoms with van der Waals surface area (Å²) in [5.74, 6) is -0.488. The van der Waals surface area contributed by atoms with E-state index in [4.69, 9.17) is 4.74 Å². The van der Waals surface area contributed by atoms with Gasteiger partial charge in [-0.25, -0.2) is 8.78 Å². The molecule has 1 fully saturated rings. The molecule has 0 aromatic heterocycles. The predicted molar refractivity (Wildman–Crippen MR) is 43.8 cm³/mol. The molecule has 0 bridgehead atoms. The van der Waals surface area contributed by atoms with E-state index in [2.05, 4.69) is 0 Å². The minimum absolute atomic E-state index is 0.0625. The molecular formula is C9H14F2O2. The Morgan fingerprint density at radius 1 is 1.46 bits per heavy atom. The second-order valence-corrected chi connectivity index (χ2v) is 3.72. The fourth-order valence-corrected chi connectivity index (χ4v) is 1.67. The van der Waals surface area contributed by atoms with E-state index in [0.29, 0.717) is 0 Å². The highest BCUT2D eigenvalue weighted by atomic mass is 19.2. The van der Waals surface area contributed by atoms with Gasteiger partial charge >= 0.3 is 5.97 Å². The van der Waals surface area contributed by atoms with Gasteiger partial charge in [0.25, 0.3) is 0 Å². The van der Waals surface area contributed by atoms with Crippen LogP contribution in [0.15, 0.2) is 0 Å². The van der Waals surface area contributed by atoms with E-state index in [0.717, 1.165) is 0 Å². The number of esters is 1. The number of ether oxygens (including phenoxy) is 1. The highest BCUT2D eigenvalue weighted by molar-refractivity contribution is 5.77.